The van der Waals surface area contributed by atoms with Gasteiger partial charge in [-0.2, -0.15) is 18.2 Å². The summed E-state index contributed by atoms with van der Waals surface area (Å²) in [6, 6.07) is 5.43. The number of rotatable bonds is 4. The van der Waals surface area contributed by atoms with Crippen LogP contribution in [0.15, 0.2) is 24.3 Å². The van der Waals surface area contributed by atoms with E-state index in [2.05, 4.69) is 20.6 Å². The number of nitrogens with one attached hydrogen (secondary N) is 2. The number of anilines is 3. The molecular formula is C13H11Cl2F3N4. The van der Waals surface area contributed by atoms with Crippen molar-refractivity contribution < 1.29 is 13.2 Å². The van der Waals surface area contributed by atoms with Crippen molar-refractivity contribution in [3.05, 3.63) is 40.0 Å². The van der Waals surface area contributed by atoms with Gasteiger partial charge >= 0.3 is 6.18 Å². The van der Waals surface area contributed by atoms with E-state index in [1.807, 2.05) is 0 Å². The maximum absolute atomic E-state index is 12.9. The molecule has 22 heavy (non-hydrogen) atoms. The highest BCUT2D eigenvalue weighted by Crippen LogP contribution is 2.31. The molecule has 2 rings (SSSR count). The number of nitrogens with zero attached hydrogens (tertiary/aromatic N) is 2. The largest absolute Gasteiger partial charge is 0.433 e. The van der Waals surface area contributed by atoms with Crippen LogP contribution in [0, 0.1) is 0 Å². The number of alkyl halides is 3. The van der Waals surface area contributed by atoms with Crippen LogP contribution in [-0.2, 0) is 6.18 Å². The molecule has 0 atom stereocenters. The summed E-state index contributed by atoms with van der Waals surface area (Å²) in [7, 11) is 0. The van der Waals surface area contributed by atoms with Crippen molar-refractivity contribution >= 4 is 40.7 Å². The Balaban J connectivity index is 2.36. The summed E-state index contributed by atoms with van der Waals surface area (Å²) >= 11 is 11.7. The summed E-state index contributed by atoms with van der Waals surface area (Å²) in [5.74, 6) is -0.114. The molecule has 1 aromatic carbocycles. The highest BCUT2D eigenvalue weighted by atomic mass is 35.5. The quantitative estimate of drug-likeness (QED) is 0.816. The van der Waals surface area contributed by atoms with Gasteiger partial charge in [-0.05, 0) is 25.1 Å². The van der Waals surface area contributed by atoms with E-state index in [0.29, 0.717) is 17.3 Å². The Morgan fingerprint density at radius 1 is 1.09 bits per heavy atom. The van der Waals surface area contributed by atoms with Crippen molar-refractivity contribution in [3.8, 4) is 0 Å². The second-order valence-corrected chi connectivity index (χ2v) is 5.06. The summed E-state index contributed by atoms with van der Waals surface area (Å²) in [5, 5.41) is 6.03. The minimum Gasteiger partial charge on any atom is -0.354 e. The lowest BCUT2D eigenvalue weighted by Gasteiger charge is -2.12. The summed E-state index contributed by atoms with van der Waals surface area (Å²) < 4.78 is 38.6. The molecule has 118 valence electrons. The first-order valence-corrected chi connectivity index (χ1v) is 6.97. The average molecular weight is 351 g/mol. The van der Waals surface area contributed by atoms with Crippen molar-refractivity contribution in [2.24, 2.45) is 0 Å². The predicted octanol–water partition coefficient (Wildman–Crippen LogP) is 4.98. The van der Waals surface area contributed by atoms with Crippen LogP contribution in [0.1, 0.15) is 12.6 Å². The van der Waals surface area contributed by atoms with E-state index in [-0.39, 0.29) is 16.8 Å². The third-order valence-electron chi connectivity index (χ3n) is 2.54. The Morgan fingerprint density at radius 2 is 1.82 bits per heavy atom. The van der Waals surface area contributed by atoms with Gasteiger partial charge in [0.25, 0.3) is 0 Å². The molecule has 2 N–H and O–H groups in total. The summed E-state index contributed by atoms with van der Waals surface area (Å²) in [6.45, 7) is 2.13. The maximum Gasteiger partial charge on any atom is 0.433 e. The third-order valence-corrected chi connectivity index (χ3v) is 3.28. The zero-order valence-electron chi connectivity index (χ0n) is 11.3. The zero-order chi connectivity index (χ0) is 16.3. The fraction of sp³-hybridized carbons (Fsp3) is 0.231. The molecule has 0 saturated heterocycles. The van der Waals surface area contributed by atoms with Gasteiger partial charge in [0.2, 0.25) is 5.95 Å². The van der Waals surface area contributed by atoms with Crippen LogP contribution in [0.3, 0.4) is 0 Å². The van der Waals surface area contributed by atoms with E-state index in [1.54, 1.807) is 13.0 Å². The first-order valence-electron chi connectivity index (χ1n) is 6.22. The number of benzene rings is 1. The Hall–Kier alpha value is -1.73. The predicted molar refractivity (Wildman–Crippen MR) is 80.9 cm³/mol. The molecule has 0 fully saturated rings. The van der Waals surface area contributed by atoms with E-state index in [9.17, 15) is 13.2 Å². The molecule has 0 saturated carbocycles. The second kappa shape index (κ2) is 6.58. The second-order valence-electron chi connectivity index (χ2n) is 4.24. The number of hydrogen-bond donors (Lipinski definition) is 2. The number of hydrogen-bond acceptors (Lipinski definition) is 4. The van der Waals surface area contributed by atoms with E-state index >= 15 is 0 Å². The Kier molecular flexibility index (Phi) is 4.97. The lowest BCUT2D eigenvalue weighted by Crippen LogP contribution is -2.13. The van der Waals surface area contributed by atoms with Gasteiger partial charge in [-0.15, -0.1) is 0 Å². The van der Waals surface area contributed by atoms with Gasteiger partial charge in [0, 0.05) is 18.3 Å². The van der Waals surface area contributed by atoms with Gasteiger partial charge in [0.1, 0.15) is 5.82 Å². The lowest BCUT2D eigenvalue weighted by atomic mass is 10.3. The molecule has 1 aromatic heterocycles. The highest BCUT2D eigenvalue weighted by Gasteiger charge is 2.33. The van der Waals surface area contributed by atoms with Crippen LogP contribution in [0.4, 0.5) is 30.6 Å². The molecule has 0 radical (unpaired) electrons. The summed E-state index contributed by atoms with van der Waals surface area (Å²) in [4.78, 5) is 7.41. The van der Waals surface area contributed by atoms with Gasteiger partial charge in [0.15, 0.2) is 5.69 Å². The van der Waals surface area contributed by atoms with E-state index in [0.717, 1.165) is 6.07 Å². The number of halogens is 5. The van der Waals surface area contributed by atoms with Gasteiger partial charge < -0.3 is 10.6 Å². The van der Waals surface area contributed by atoms with Crippen molar-refractivity contribution in [3.63, 3.8) is 0 Å². The van der Waals surface area contributed by atoms with Gasteiger partial charge in [-0.3, -0.25) is 0 Å². The van der Waals surface area contributed by atoms with Crippen LogP contribution in [-0.4, -0.2) is 16.5 Å². The molecule has 1 heterocycles. The molecule has 2 aromatic rings. The van der Waals surface area contributed by atoms with Crippen LogP contribution in [0.25, 0.3) is 0 Å². The standard InChI is InChI=1S/C13H11Cl2F3N4/c1-2-19-12-21-10(13(16,17)18)6-11(22-12)20-7-3-4-8(14)9(15)5-7/h3-6H,2H2,1H3,(H2,19,20,21,22). The van der Waals surface area contributed by atoms with Crippen LogP contribution in [0.5, 0.6) is 0 Å². The first kappa shape index (κ1) is 16.6. The maximum atomic E-state index is 12.9. The molecule has 0 aliphatic heterocycles. The molecule has 0 unspecified atom stereocenters. The molecule has 9 heteroatoms. The van der Waals surface area contributed by atoms with E-state index in [4.69, 9.17) is 23.2 Å². The molecule has 0 spiro atoms. The fourth-order valence-corrected chi connectivity index (χ4v) is 1.91. The summed E-state index contributed by atoms with van der Waals surface area (Å²) in [5.41, 5.74) is -0.579. The smallest absolute Gasteiger partial charge is 0.354 e. The first-order chi connectivity index (χ1) is 10.3. The Bertz CT molecular complexity index is 677. The van der Waals surface area contributed by atoms with Crippen molar-refractivity contribution in [1.29, 1.82) is 0 Å². The fourth-order valence-electron chi connectivity index (χ4n) is 1.62. The summed E-state index contributed by atoms with van der Waals surface area (Å²) in [6.07, 6.45) is -4.57. The topological polar surface area (TPSA) is 49.8 Å². The van der Waals surface area contributed by atoms with E-state index in [1.165, 1.54) is 12.1 Å². The average Bonchev–Trinajstić information content (AvgIpc) is 2.42. The molecule has 0 amide bonds. The molecule has 0 bridgehead atoms. The van der Waals surface area contributed by atoms with Gasteiger partial charge in [-0.25, -0.2) is 4.98 Å². The van der Waals surface area contributed by atoms with Crippen molar-refractivity contribution in [1.82, 2.24) is 9.97 Å². The van der Waals surface area contributed by atoms with Gasteiger partial charge in [0.05, 0.1) is 10.0 Å². The molecular weight excluding hydrogens is 340 g/mol. The SMILES string of the molecule is CCNc1nc(Nc2ccc(Cl)c(Cl)c2)cc(C(F)(F)F)n1. The Labute approximate surface area is 134 Å². The zero-order valence-corrected chi connectivity index (χ0v) is 12.8. The van der Waals surface area contributed by atoms with Crippen LogP contribution < -0.4 is 10.6 Å². The van der Waals surface area contributed by atoms with Gasteiger partial charge in [-0.1, -0.05) is 23.2 Å². The minimum atomic E-state index is -4.57. The highest BCUT2D eigenvalue weighted by molar-refractivity contribution is 6.42. The molecule has 4 nitrogen and oxygen atoms in total. The Morgan fingerprint density at radius 3 is 2.41 bits per heavy atom. The third kappa shape index (κ3) is 4.14. The van der Waals surface area contributed by atoms with Crippen molar-refractivity contribution in [2.75, 3.05) is 17.2 Å². The van der Waals surface area contributed by atoms with Crippen molar-refractivity contribution in [2.45, 2.75) is 13.1 Å². The minimum absolute atomic E-state index is 0.00309. The number of aromatic nitrogens is 2. The monoisotopic (exact) mass is 350 g/mol. The van der Waals surface area contributed by atoms with E-state index < -0.39 is 11.9 Å². The normalized spacial score (nSPS) is 11.4. The van der Waals surface area contributed by atoms with Crippen LogP contribution >= 0.6 is 23.2 Å². The lowest BCUT2D eigenvalue weighted by molar-refractivity contribution is -0.141. The molecule has 0 aliphatic carbocycles. The van der Waals surface area contributed by atoms with Crippen LogP contribution in [0.2, 0.25) is 10.0 Å². The molecule has 0 aliphatic rings.